The van der Waals surface area contributed by atoms with E-state index in [-0.39, 0.29) is 0 Å². The summed E-state index contributed by atoms with van der Waals surface area (Å²) in [6.07, 6.45) is 3.64. The summed E-state index contributed by atoms with van der Waals surface area (Å²) in [5.74, 6) is 1.59. The van der Waals surface area contributed by atoms with Crippen LogP contribution >= 0.6 is 15.9 Å². The van der Waals surface area contributed by atoms with E-state index >= 15 is 0 Å². The number of hydrogen-bond acceptors (Lipinski definition) is 3. The SMILES string of the molecule is COc1ccc(OCc2cncc(C)c2)c(Br)c1. The molecule has 0 saturated heterocycles. The van der Waals surface area contributed by atoms with Crippen LogP contribution in [0.3, 0.4) is 0 Å². The molecule has 3 nitrogen and oxygen atoms in total. The Labute approximate surface area is 115 Å². The third kappa shape index (κ3) is 3.23. The maximum absolute atomic E-state index is 5.73. The van der Waals surface area contributed by atoms with Crippen molar-refractivity contribution in [1.82, 2.24) is 4.98 Å². The lowest BCUT2D eigenvalue weighted by Crippen LogP contribution is -1.97. The van der Waals surface area contributed by atoms with Crippen LogP contribution in [0.2, 0.25) is 0 Å². The van der Waals surface area contributed by atoms with Gasteiger partial charge in [-0.05, 0) is 52.7 Å². The fourth-order valence-corrected chi connectivity index (χ4v) is 2.06. The molecule has 0 bridgehead atoms. The van der Waals surface area contributed by atoms with E-state index in [4.69, 9.17) is 9.47 Å². The minimum Gasteiger partial charge on any atom is -0.497 e. The second kappa shape index (κ2) is 5.87. The van der Waals surface area contributed by atoms with Gasteiger partial charge >= 0.3 is 0 Å². The normalized spacial score (nSPS) is 10.2. The first-order chi connectivity index (χ1) is 8.69. The molecule has 2 rings (SSSR count). The van der Waals surface area contributed by atoms with E-state index in [1.54, 1.807) is 7.11 Å². The molecule has 0 atom stereocenters. The van der Waals surface area contributed by atoms with Gasteiger partial charge in [0.05, 0.1) is 11.6 Å². The Kier molecular flexibility index (Phi) is 4.20. The molecule has 0 unspecified atom stereocenters. The Morgan fingerprint density at radius 3 is 2.72 bits per heavy atom. The van der Waals surface area contributed by atoms with Crippen molar-refractivity contribution in [1.29, 1.82) is 0 Å². The van der Waals surface area contributed by atoms with Gasteiger partial charge in [0, 0.05) is 18.0 Å². The number of pyridine rings is 1. The molecular weight excluding hydrogens is 294 g/mol. The minimum absolute atomic E-state index is 0.500. The molecule has 0 radical (unpaired) electrons. The number of ether oxygens (including phenoxy) is 2. The van der Waals surface area contributed by atoms with Crippen molar-refractivity contribution in [3.63, 3.8) is 0 Å². The van der Waals surface area contributed by atoms with Crippen LogP contribution in [0.15, 0.2) is 41.1 Å². The number of nitrogens with zero attached hydrogens (tertiary/aromatic N) is 1. The van der Waals surface area contributed by atoms with Crippen LogP contribution in [-0.2, 0) is 6.61 Å². The van der Waals surface area contributed by atoms with Gasteiger partial charge in [0.15, 0.2) is 0 Å². The zero-order chi connectivity index (χ0) is 13.0. The van der Waals surface area contributed by atoms with Gasteiger partial charge in [-0.2, -0.15) is 0 Å². The third-order valence-corrected chi connectivity index (χ3v) is 3.08. The van der Waals surface area contributed by atoms with Gasteiger partial charge in [-0.1, -0.05) is 0 Å². The minimum atomic E-state index is 0.500. The predicted octanol–water partition coefficient (Wildman–Crippen LogP) is 3.74. The molecule has 2 aromatic rings. The molecule has 0 fully saturated rings. The Morgan fingerprint density at radius 1 is 1.22 bits per heavy atom. The Morgan fingerprint density at radius 2 is 2.06 bits per heavy atom. The van der Waals surface area contributed by atoms with Gasteiger partial charge in [0.25, 0.3) is 0 Å². The lowest BCUT2D eigenvalue weighted by Gasteiger charge is -2.09. The lowest BCUT2D eigenvalue weighted by atomic mass is 10.2. The van der Waals surface area contributed by atoms with E-state index in [2.05, 4.69) is 27.0 Å². The Hall–Kier alpha value is -1.55. The lowest BCUT2D eigenvalue weighted by molar-refractivity contribution is 0.303. The molecule has 1 heterocycles. The van der Waals surface area contributed by atoms with E-state index in [9.17, 15) is 0 Å². The van der Waals surface area contributed by atoms with Crippen molar-refractivity contribution in [3.05, 3.63) is 52.3 Å². The summed E-state index contributed by atoms with van der Waals surface area (Å²) >= 11 is 3.46. The second-order valence-corrected chi connectivity index (χ2v) is 4.81. The van der Waals surface area contributed by atoms with Crippen molar-refractivity contribution in [2.24, 2.45) is 0 Å². The molecule has 4 heteroatoms. The van der Waals surface area contributed by atoms with Crippen LogP contribution < -0.4 is 9.47 Å². The summed E-state index contributed by atoms with van der Waals surface area (Å²) in [4.78, 5) is 4.13. The quantitative estimate of drug-likeness (QED) is 0.862. The topological polar surface area (TPSA) is 31.4 Å². The molecule has 0 N–H and O–H groups in total. The summed E-state index contributed by atoms with van der Waals surface area (Å²) < 4.78 is 11.7. The average Bonchev–Trinajstić information content (AvgIpc) is 2.37. The molecule has 0 amide bonds. The molecule has 94 valence electrons. The molecule has 0 aliphatic heterocycles. The molecule has 0 spiro atoms. The molecular formula is C14H14BrNO2. The summed E-state index contributed by atoms with van der Waals surface area (Å²) in [6, 6.07) is 7.69. The highest BCUT2D eigenvalue weighted by Crippen LogP contribution is 2.29. The number of benzene rings is 1. The Balaban J connectivity index is 2.06. The van der Waals surface area contributed by atoms with E-state index in [0.717, 1.165) is 27.1 Å². The molecule has 0 saturated carbocycles. The number of aryl methyl sites for hydroxylation is 1. The van der Waals surface area contributed by atoms with Crippen LogP contribution in [0.25, 0.3) is 0 Å². The van der Waals surface area contributed by atoms with Crippen LogP contribution in [-0.4, -0.2) is 12.1 Å². The van der Waals surface area contributed by atoms with Gasteiger partial charge in [-0.3, -0.25) is 4.98 Å². The maximum atomic E-state index is 5.73. The highest BCUT2D eigenvalue weighted by atomic mass is 79.9. The van der Waals surface area contributed by atoms with E-state index in [0.29, 0.717) is 6.61 Å². The van der Waals surface area contributed by atoms with Crippen LogP contribution in [0.5, 0.6) is 11.5 Å². The highest BCUT2D eigenvalue weighted by molar-refractivity contribution is 9.10. The van der Waals surface area contributed by atoms with E-state index in [1.807, 2.05) is 37.5 Å². The number of methoxy groups -OCH3 is 1. The fraction of sp³-hybridized carbons (Fsp3) is 0.214. The van der Waals surface area contributed by atoms with Gasteiger partial charge < -0.3 is 9.47 Å². The summed E-state index contributed by atoms with van der Waals surface area (Å²) in [6.45, 7) is 2.51. The zero-order valence-corrected chi connectivity index (χ0v) is 11.9. The molecule has 0 aliphatic rings. The molecule has 0 aliphatic carbocycles. The van der Waals surface area contributed by atoms with Crippen molar-refractivity contribution in [3.8, 4) is 11.5 Å². The third-order valence-electron chi connectivity index (χ3n) is 2.46. The van der Waals surface area contributed by atoms with Crippen molar-refractivity contribution in [2.45, 2.75) is 13.5 Å². The number of hydrogen-bond donors (Lipinski definition) is 0. The van der Waals surface area contributed by atoms with Crippen molar-refractivity contribution in [2.75, 3.05) is 7.11 Å². The van der Waals surface area contributed by atoms with Gasteiger partial charge in [-0.15, -0.1) is 0 Å². The van der Waals surface area contributed by atoms with E-state index < -0.39 is 0 Å². The first-order valence-electron chi connectivity index (χ1n) is 5.56. The summed E-state index contributed by atoms with van der Waals surface area (Å²) in [5.41, 5.74) is 2.18. The number of rotatable bonds is 4. The first-order valence-corrected chi connectivity index (χ1v) is 6.35. The van der Waals surface area contributed by atoms with E-state index in [1.165, 1.54) is 0 Å². The van der Waals surface area contributed by atoms with Crippen molar-refractivity contribution < 1.29 is 9.47 Å². The fourth-order valence-electron chi connectivity index (χ4n) is 1.58. The van der Waals surface area contributed by atoms with Crippen LogP contribution in [0.4, 0.5) is 0 Å². The van der Waals surface area contributed by atoms with Gasteiger partial charge in [0.2, 0.25) is 0 Å². The van der Waals surface area contributed by atoms with Crippen LogP contribution in [0.1, 0.15) is 11.1 Å². The summed E-state index contributed by atoms with van der Waals surface area (Å²) in [5, 5.41) is 0. The monoisotopic (exact) mass is 307 g/mol. The average molecular weight is 308 g/mol. The number of aromatic nitrogens is 1. The Bertz CT molecular complexity index is 543. The second-order valence-electron chi connectivity index (χ2n) is 3.96. The summed E-state index contributed by atoms with van der Waals surface area (Å²) in [7, 11) is 1.64. The highest BCUT2D eigenvalue weighted by Gasteiger charge is 2.03. The predicted molar refractivity (Wildman–Crippen MR) is 74.0 cm³/mol. The molecule has 1 aromatic heterocycles. The zero-order valence-electron chi connectivity index (χ0n) is 10.3. The number of halogens is 1. The standard InChI is InChI=1S/C14H14BrNO2/c1-10-5-11(8-16-7-10)9-18-14-4-3-12(17-2)6-13(14)15/h3-8H,9H2,1-2H3. The largest absolute Gasteiger partial charge is 0.497 e. The van der Waals surface area contributed by atoms with Crippen molar-refractivity contribution >= 4 is 15.9 Å². The van der Waals surface area contributed by atoms with Gasteiger partial charge in [0.1, 0.15) is 18.1 Å². The first kappa shape index (κ1) is 12.9. The van der Waals surface area contributed by atoms with Gasteiger partial charge in [-0.25, -0.2) is 0 Å². The molecule has 18 heavy (non-hydrogen) atoms. The molecule has 1 aromatic carbocycles. The smallest absolute Gasteiger partial charge is 0.134 e. The maximum Gasteiger partial charge on any atom is 0.134 e. The van der Waals surface area contributed by atoms with Crippen LogP contribution in [0, 0.1) is 6.92 Å².